The number of aromatic nitrogens is 3. The van der Waals surface area contributed by atoms with Crippen LogP contribution in [0.2, 0.25) is 0 Å². The first-order valence-corrected chi connectivity index (χ1v) is 11.1. The van der Waals surface area contributed by atoms with Crippen LogP contribution in [0.1, 0.15) is 12.5 Å². The molecule has 0 saturated heterocycles. The Hall–Kier alpha value is -2.12. The Bertz CT molecular complexity index is 983. The molecule has 0 radical (unpaired) electrons. The number of hydrogen-bond donors (Lipinski definition) is 0. The summed E-state index contributed by atoms with van der Waals surface area (Å²) in [4.78, 5) is 0.359. The third kappa shape index (κ3) is 4.16. The monoisotopic (exact) mass is 387 g/mol. The van der Waals surface area contributed by atoms with Gasteiger partial charge in [-0.3, -0.25) is 0 Å². The van der Waals surface area contributed by atoms with E-state index in [2.05, 4.69) is 16.3 Å². The third-order valence-corrected chi connectivity index (χ3v) is 6.95. The molecule has 0 aliphatic rings. The molecule has 3 rings (SSSR count). The van der Waals surface area contributed by atoms with Crippen LogP contribution in [-0.2, 0) is 16.4 Å². The molecule has 0 bridgehead atoms. The van der Waals surface area contributed by atoms with Crippen molar-refractivity contribution in [3.05, 3.63) is 60.2 Å². The first-order chi connectivity index (χ1) is 12.5. The van der Waals surface area contributed by atoms with E-state index in [9.17, 15) is 8.42 Å². The van der Waals surface area contributed by atoms with Gasteiger partial charge in [-0.25, -0.2) is 8.42 Å². The zero-order chi connectivity index (χ0) is 18.6. The second-order valence-corrected chi connectivity index (χ2v) is 9.07. The molecule has 0 aliphatic heterocycles. The molecule has 5 nitrogen and oxygen atoms in total. The summed E-state index contributed by atoms with van der Waals surface area (Å²) in [6, 6.07) is 16.7. The first kappa shape index (κ1) is 18.7. The van der Waals surface area contributed by atoms with E-state index >= 15 is 0 Å². The molecule has 1 aromatic heterocycles. The highest BCUT2D eigenvalue weighted by molar-refractivity contribution is 8.00. The van der Waals surface area contributed by atoms with Gasteiger partial charge in [0, 0.05) is 17.9 Å². The highest BCUT2D eigenvalue weighted by Gasteiger charge is 2.17. The van der Waals surface area contributed by atoms with Gasteiger partial charge in [-0.1, -0.05) is 53.7 Å². The average molecular weight is 388 g/mol. The zero-order valence-electron chi connectivity index (χ0n) is 14.8. The van der Waals surface area contributed by atoms with Gasteiger partial charge in [-0.15, -0.1) is 10.2 Å². The van der Waals surface area contributed by atoms with E-state index in [4.69, 9.17) is 0 Å². The Labute approximate surface area is 158 Å². The SMILES string of the molecule is CCn1c(SCCS(=O)(=O)c2ccccc2)nnc1-c1cccc(C)c1. The van der Waals surface area contributed by atoms with Crippen LogP contribution in [-0.4, -0.2) is 34.7 Å². The first-order valence-electron chi connectivity index (χ1n) is 8.42. The summed E-state index contributed by atoms with van der Waals surface area (Å²) in [6.07, 6.45) is 0. The van der Waals surface area contributed by atoms with Crippen LogP contribution in [0.3, 0.4) is 0 Å². The lowest BCUT2D eigenvalue weighted by Gasteiger charge is -2.08. The lowest BCUT2D eigenvalue weighted by Crippen LogP contribution is -2.09. The highest BCUT2D eigenvalue weighted by Crippen LogP contribution is 2.25. The average Bonchev–Trinajstić information content (AvgIpc) is 3.05. The summed E-state index contributed by atoms with van der Waals surface area (Å²) in [5, 5.41) is 9.32. The Kier molecular flexibility index (Phi) is 5.78. The van der Waals surface area contributed by atoms with Crippen molar-refractivity contribution in [1.29, 1.82) is 0 Å². The van der Waals surface area contributed by atoms with Crippen molar-refractivity contribution >= 4 is 21.6 Å². The normalized spacial score (nSPS) is 11.6. The van der Waals surface area contributed by atoms with Gasteiger partial charge in [-0.05, 0) is 32.0 Å². The Balaban J connectivity index is 1.73. The molecule has 0 N–H and O–H groups in total. The third-order valence-electron chi connectivity index (χ3n) is 3.99. The number of benzene rings is 2. The Morgan fingerprint density at radius 2 is 1.81 bits per heavy atom. The van der Waals surface area contributed by atoms with E-state index in [1.165, 1.54) is 11.8 Å². The molecular formula is C19H21N3O2S2. The second kappa shape index (κ2) is 8.05. The molecule has 0 fully saturated rings. The van der Waals surface area contributed by atoms with E-state index in [1.807, 2.05) is 42.7 Å². The summed E-state index contributed by atoms with van der Waals surface area (Å²) in [5.74, 6) is 1.31. The molecule has 0 amide bonds. The van der Waals surface area contributed by atoms with Crippen LogP contribution >= 0.6 is 11.8 Å². The fraction of sp³-hybridized carbons (Fsp3) is 0.263. The van der Waals surface area contributed by atoms with Crippen LogP contribution in [0.4, 0.5) is 0 Å². The van der Waals surface area contributed by atoms with Crippen molar-refractivity contribution in [2.45, 2.75) is 30.4 Å². The molecule has 7 heteroatoms. The van der Waals surface area contributed by atoms with Crippen molar-refractivity contribution in [1.82, 2.24) is 14.8 Å². The van der Waals surface area contributed by atoms with E-state index in [0.717, 1.165) is 28.7 Å². The number of thioether (sulfide) groups is 1. The molecule has 2 aromatic carbocycles. The standard InChI is InChI=1S/C19H21N3O2S2/c1-3-22-18(16-9-7-8-15(2)14-16)20-21-19(22)25-12-13-26(23,24)17-10-5-4-6-11-17/h4-11,14H,3,12-13H2,1-2H3. The van der Waals surface area contributed by atoms with E-state index in [-0.39, 0.29) is 5.75 Å². The lowest BCUT2D eigenvalue weighted by atomic mass is 10.1. The van der Waals surface area contributed by atoms with Crippen LogP contribution in [0.15, 0.2) is 64.6 Å². The van der Waals surface area contributed by atoms with Gasteiger partial charge in [0.2, 0.25) is 0 Å². The molecular weight excluding hydrogens is 366 g/mol. The summed E-state index contributed by atoms with van der Waals surface area (Å²) in [6.45, 7) is 4.80. The molecule has 3 aromatic rings. The maximum atomic E-state index is 12.4. The quantitative estimate of drug-likeness (QED) is 0.576. The van der Waals surface area contributed by atoms with E-state index in [0.29, 0.717) is 10.6 Å². The number of aryl methyl sites for hydroxylation is 1. The zero-order valence-corrected chi connectivity index (χ0v) is 16.4. The summed E-state index contributed by atoms with van der Waals surface area (Å²) in [7, 11) is -3.28. The van der Waals surface area contributed by atoms with Crippen molar-refractivity contribution in [2.75, 3.05) is 11.5 Å². The number of rotatable bonds is 7. The van der Waals surface area contributed by atoms with Crippen LogP contribution in [0, 0.1) is 6.92 Å². The van der Waals surface area contributed by atoms with E-state index < -0.39 is 9.84 Å². The van der Waals surface area contributed by atoms with Gasteiger partial charge in [-0.2, -0.15) is 0 Å². The van der Waals surface area contributed by atoms with Crippen molar-refractivity contribution in [2.24, 2.45) is 0 Å². The van der Waals surface area contributed by atoms with Gasteiger partial charge in [0.25, 0.3) is 0 Å². The minimum atomic E-state index is -3.28. The van der Waals surface area contributed by atoms with Crippen LogP contribution in [0.5, 0.6) is 0 Å². The molecule has 0 spiro atoms. The van der Waals surface area contributed by atoms with Crippen molar-refractivity contribution in [3.63, 3.8) is 0 Å². The van der Waals surface area contributed by atoms with Gasteiger partial charge in [0.05, 0.1) is 10.6 Å². The van der Waals surface area contributed by atoms with Gasteiger partial charge >= 0.3 is 0 Å². The molecule has 0 aliphatic carbocycles. The number of hydrogen-bond acceptors (Lipinski definition) is 5. The topological polar surface area (TPSA) is 64.8 Å². The van der Waals surface area contributed by atoms with Gasteiger partial charge in [0.1, 0.15) is 0 Å². The predicted molar refractivity (Wildman–Crippen MR) is 105 cm³/mol. The highest BCUT2D eigenvalue weighted by atomic mass is 32.2. The molecule has 0 atom stereocenters. The van der Waals surface area contributed by atoms with Crippen LogP contribution < -0.4 is 0 Å². The molecule has 0 unspecified atom stereocenters. The maximum Gasteiger partial charge on any atom is 0.191 e. The smallest absolute Gasteiger partial charge is 0.191 e. The summed E-state index contributed by atoms with van der Waals surface area (Å²) < 4.78 is 26.8. The minimum absolute atomic E-state index is 0.0675. The fourth-order valence-corrected chi connectivity index (χ4v) is 5.34. The fourth-order valence-electron chi connectivity index (χ4n) is 2.67. The Morgan fingerprint density at radius 3 is 2.50 bits per heavy atom. The number of nitrogens with zero attached hydrogens (tertiary/aromatic N) is 3. The number of sulfone groups is 1. The van der Waals surface area contributed by atoms with Crippen LogP contribution in [0.25, 0.3) is 11.4 Å². The molecule has 1 heterocycles. The lowest BCUT2D eigenvalue weighted by molar-refractivity contribution is 0.597. The minimum Gasteiger partial charge on any atom is -0.302 e. The molecule has 136 valence electrons. The van der Waals surface area contributed by atoms with Gasteiger partial charge in [0.15, 0.2) is 20.8 Å². The summed E-state index contributed by atoms with van der Waals surface area (Å²) >= 11 is 1.42. The molecule has 0 saturated carbocycles. The molecule has 26 heavy (non-hydrogen) atoms. The predicted octanol–water partition coefficient (Wildman–Crippen LogP) is 3.84. The largest absolute Gasteiger partial charge is 0.302 e. The Morgan fingerprint density at radius 1 is 1.04 bits per heavy atom. The maximum absolute atomic E-state index is 12.4. The van der Waals surface area contributed by atoms with Crippen molar-refractivity contribution in [3.8, 4) is 11.4 Å². The summed E-state index contributed by atoms with van der Waals surface area (Å²) in [5.41, 5.74) is 2.18. The second-order valence-electron chi connectivity index (χ2n) is 5.90. The van der Waals surface area contributed by atoms with E-state index in [1.54, 1.807) is 24.3 Å². The van der Waals surface area contributed by atoms with Crippen molar-refractivity contribution < 1.29 is 8.42 Å². The van der Waals surface area contributed by atoms with Gasteiger partial charge < -0.3 is 4.57 Å².